The molecule has 2 amide bonds. The summed E-state index contributed by atoms with van der Waals surface area (Å²) in [6.45, 7) is 2.25. The Morgan fingerprint density at radius 3 is 2.13 bits per heavy atom. The lowest BCUT2D eigenvalue weighted by Gasteiger charge is -2.31. The summed E-state index contributed by atoms with van der Waals surface area (Å²) < 4.78 is 1.12. The van der Waals surface area contributed by atoms with E-state index in [1.807, 2.05) is 42.5 Å². The van der Waals surface area contributed by atoms with Crippen molar-refractivity contribution in [1.29, 1.82) is 0 Å². The smallest absolute Gasteiger partial charge is 0.272 e. The number of hydrogen-bond acceptors (Lipinski definition) is 6. The number of anilines is 2. The standard InChI is InChI=1S/C47H52Cl4N6O3/c1-2-3-4-5-6-7-8-9-10-11-12-13-14-16-24-35(48)29-34-30-42(58)57(46(34)59)56(37-25-17-15-18-26-37)45-43(53-52-41-28-21-23-33-22-19-20-27-38(33)41)47(60)55(54-45)44-39(50)31-36(49)32-40(44)51/h13-15,17-23,25-28,31-32,34-35,54H,2-12,16,24,29-30H2,1H3. The molecule has 1 N–H and O–H groups in total. The molecule has 2 unspecified atom stereocenters. The number of aromatic amines is 1. The van der Waals surface area contributed by atoms with E-state index in [0.717, 1.165) is 33.3 Å². The summed E-state index contributed by atoms with van der Waals surface area (Å²) in [7, 11) is 0. The minimum absolute atomic E-state index is 0.00501. The first kappa shape index (κ1) is 45.1. The number of halogens is 4. The zero-order valence-corrected chi connectivity index (χ0v) is 37.0. The minimum atomic E-state index is -0.682. The van der Waals surface area contributed by atoms with Gasteiger partial charge < -0.3 is 0 Å². The third-order valence-electron chi connectivity index (χ3n) is 10.8. The summed E-state index contributed by atoms with van der Waals surface area (Å²) in [6, 6.07) is 25.0. The molecule has 9 nitrogen and oxygen atoms in total. The maximum atomic E-state index is 14.5. The van der Waals surface area contributed by atoms with Gasteiger partial charge in [0.15, 0.2) is 11.5 Å². The van der Waals surface area contributed by atoms with Crippen LogP contribution < -0.4 is 10.6 Å². The molecule has 0 saturated carbocycles. The van der Waals surface area contributed by atoms with E-state index in [1.54, 1.807) is 30.3 Å². The average molecular weight is 891 g/mol. The van der Waals surface area contributed by atoms with Crippen LogP contribution in [-0.2, 0) is 9.59 Å². The quantitative estimate of drug-likeness (QED) is 0.0246. The Kier molecular flexibility index (Phi) is 16.9. The second kappa shape index (κ2) is 22.4. The van der Waals surface area contributed by atoms with Gasteiger partial charge in [0.2, 0.25) is 5.91 Å². The number of aromatic nitrogens is 2. The van der Waals surface area contributed by atoms with Crippen molar-refractivity contribution in [3.05, 3.63) is 123 Å². The van der Waals surface area contributed by atoms with E-state index in [1.165, 1.54) is 81.3 Å². The van der Waals surface area contributed by atoms with Crippen LogP contribution in [0.25, 0.3) is 16.5 Å². The van der Waals surface area contributed by atoms with Crippen molar-refractivity contribution in [2.45, 2.75) is 109 Å². The maximum Gasteiger partial charge on any atom is 0.301 e. The Morgan fingerprint density at radius 2 is 1.42 bits per heavy atom. The van der Waals surface area contributed by atoms with Crippen molar-refractivity contribution >= 4 is 91.9 Å². The first-order valence-electron chi connectivity index (χ1n) is 21.1. The van der Waals surface area contributed by atoms with Crippen molar-refractivity contribution in [2.24, 2.45) is 16.1 Å². The monoisotopic (exact) mass is 888 g/mol. The Morgan fingerprint density at radius 1 is 0.783 bits per heavy atom. The first-order chi connectivity index (χ1) is 29.2. The fraction of sp³-hybridized carbons (Fsp3) is 0.383. The van der Waals surface area contributed by atoms with Gasteiger partial charge in [0.1, 0.15) is 5.69 Å². The molecule has 0 aliphatic carbocycles. The number of azo groups is 1. The summed E-state index contributed by atoms with van der Waals surface area (Å²) in [4.78, 5) is 42.8. The summed E-state index contributed by atoms with van der Waals surface area (Å²) in [6.07, 6.45) is 20.3. The molecule has 1 aliphatic rings. The molecule has 316 valence electrons. The Hall–Kier alpha value is -4.41. The third-order valence-corrected chi connectivity index (χ3v) is 12.0. The van der Waals surface area contributed by atoms with Crippen LogP contribution in [0.2, 0.25) is 15.1 Å². The number of alkyl halides is 1. The number of nitrogens with zero attached hydrogens (tertiary/aromatic N) is 5. The van der Waals surface area contributed by atoms with Gasteiger partial charge in [0.05, 0.1) is 27.3 Å². The molecular formula is C47H52Cl4N6O3. The van der Waals surface area contributed by atoms with Crippen LogP contribution in [-0.4, -0.2) is 32.0 Å². The Balaban J connectivity index is 1.20. The summed E-state index contributed by atoms with van der Waals surface area (Å²) in [5, 5.41) is 16.4. The van der Waals surface area contributed by atoms with E-state index in [2.05, 4.69) is 34.4 Å². The Bertz CT molecular complexity index is 2310. The predicted octanol–water partition coefficient (Wildman–Crippen LogP) is 14.8. The number of hydrazine groups is 1. The van der Waals surface area contributed by atoms with Gasteiger partial charge in [-0.15, -0.1) is 21.8 Å². The largest absolute Gasteiger partial charge is 0.301 e. The van der Waals surface area contributed by atoms with Crippen LogP contribution in [0.1, 0.15) is 103 Å². The lowest BCUT2D eigenvalue weighted by atomic mass is 9.99. The van der Waals surface area contributed by atoms with Crippen LogP contribution in [0.3, 0.4) is 0 Å². The van der Waals surface area contributed by atoms with E-state index in [0.29, 0.717) is 24.2 Å². The normalized spacial score (nSPS) is 15.0. The first-order valence-corrected chi connectivity index (χ1v) is 22.6. The molecular weight excluding hydrogens is 838 g/mol. The van der Waals surface area contributed by atoms with Crippen LogP contribution >= 0.6 is 46.4 Å². The summed E-state index contributed by atoms with van der Waals surface area (Å²) in [5.74, 6) is -1.58. The number of carbonyl (C=O) groups excluding carboxylic acids is 2. The number of unbranched alkanes of at least 4 members (excludes halogenated alkanes) is 10. The number of nitrogens with one attached hydrogen (secondary N) is 1. The van der Waals surface area contributed by atoms with E-state index in [4.69, 9.17) is 46.4 Å². The molecule has 1 saturated heterocycles. The molecule has 2 atom stereocenters. The van der Waals surface area contributed by atoms with Gasteiger partial charge in [-0.25, -0.2) is 9.69 Å². The number of benzene rings is 4. The highest BCUT2D eigenvalue weighted by Crippen LogP contribution is 2.40. The minimum Gasteiger partial charge on any atom is -0.272 e. The van der Waals surface area contributed by atoms with Gasteiger partial charge >= 0.3 is 5.56 Å². The van der Waals surface area contributed by atoms with E-state index in [-0.39, 0.29) is 44.1 Å². The number of para-hydroxylation sites is 1. The number of H-pyrrole nitrogens is 1. The highest BCUT2D eigenvalue weighted by atomic mass is 35.5. The summed E-state index contributed by atoms with van der Waals surface area (Å²) in [5.41, 5.74) is 0.151. The van der Waals surface area contributed by atoms with E-state index in [9.17, 15) is 14.4 Å². The van der Waals surface area contributed by atoms with Gasteiger partial charge in [-0.3, -0.25) is 19.5 Å². The molecule has 1 fully saturated rings. The number of carbonyl (C=O) groups is 2. The lowest BCUT2D eigenvalue weighted by Crippen LogP contribution is -2.44. The zero-order chi connectivity index (χ0) is 42.4. The molecule has 4 aromatic carbocycles. The molecule has 60 heavy (non-hydrogen) atoms. The fourth-order valence-corrected chi connectivity index (χ4v) is 8.96. The molecule has 1 aliphatic heterocycles. The molecule has 1 aromatic heterocycles. The SMILES string of the molecule is CCCCCCCCCCCCC=CCCC(Cl)CC1CC(=O)N(N(c2ccccc2)c2[nH]n(-c3c(Cl)cc(Cl)cc3Cl)c(=O)c2N=Nc2cccc3ccccc23)C1=O. The third kappa shape index (κ3) is 11.5. The average Bonchev–Trinajstić information content (AvgIpc) is 3.69. The second-order valence-corrected chi connectivity index (χ2v) is 17.2. The van der Waals surface area contributed by atoms with Crippen molar-refractivity contribution in [1.82, 2.24) is 14.8 Å². The highest BCUT2D eigenvalue weighted by molar-refractivity contribution is 6.40. The Labute approximate surface area is 372 Å². The molecule has 0 spiro atoms. The van der Waals surface area contributed by atoms with Crippen molar-refractivity contribution in [2.75, 3.05) is 5.01 Å². The molecule has 2 heterocycles. The van der Waals surface area contributed by atoms with Gasteiger partial charge in [-0.05, 0) is 67.8 Å². The van der Waals surface area contributed by atoms with E-state index >= 15 is 0 Å². The predicted molar refractivity (Wildman–Crippen MR) is 247 cm³/mol. The topological polar surface area (TPSA) is 103 Å². The van der Waals surface area contributed by atoms with Crippen molar-refractivity contribution < 1.29 is 9.59 Å². The number of hydrogen-bond donors (Lipinski definition) is 1. The number of amides is 2. The number of imide groups is 1. The van der Waals surface area contributed by atoms with Gasteiger partial charge in [-0.2, -0.15) is 5.01 Å². The molecule has 0 radical (unpaired) electrons. The van der Waals surface area contributed by atoms with E-state index < -0.39 is 23.3 Å². The van der Waals surface area contributed by atoms with Gasteiger partial charge in [0, 0.05) is 22.2 Å². The maximum absolute atomic E-state index is 14.5. The van der Waals surface area contributed by atoms with Crippen molar-refractivity contribution in [3.63, 3.8) is 0 Å². The van der Waals surface area contributed by atoms with Gasteiger partial charge in [-0.1, -0.05) is 166 Å². The van der Waals surface area contributed by atoms with Crippen LogP contribution in [0.5, 0.6) is 0 Å². The number of rotatable bonds is 22. The zero-order valence-electron chi connectivity index (χ0n) is 34.0. The second-order valence-electron chi connectivity index (χ2n) is 15.3. The number of fused-ring (bicyclic) bond motifs is 1. The lowest BCUT2D eigenvalue weighted by molar-refractivity contribution is -0.139. The fourth-order valence-electron chi connectivity index (χ4n) is 7.64. The summed E-state index contributed by atoms with van der Waals surface area (Å²) >= 11 is 26.3. The number of allylic oxidation sites excluding steroid dienone is 2. The molecule has 13 heteroatoms. The molecule has 5 aromatic rings. The highest BCUT2D eigenvalue weighted by Gasteiger charge is 2.45. The van der Waals surface area contributed by atoms with Gasteiger partial charge in [0.25, 0.3) is 5.91 Å². The molecule has 0 bridgehead atoms. The molecule has 6 rings (SSSR count). The van der Waals surface area contributed by atoms with Crippen LogP contribution in [0.4, 0.5) is 22.9 Å². The van der Waals surface area contributed by atoms with Crippen LogP contribution in [0, 0.1) is 5.92 Å². The van der Waals surface area contributed by atoms with Crippen molar-refractivity contribution in [3.8, 4) is 5.69 Å². The van der Waals surface area contributed by atoms with Crippen LogP contribution in [0.15, 0.2) is 112 Å².